The number of aryl methyl sites for hydroxylation is 2. The quantitative estimate of drug-likeness (QED) is 0.739. The Hall–Kier alpha value is -2.67. The van der Waals surface area contributed by atoms with Gasteiger partial charge in [-0.2, -0.15) is 4.98 Å². The number of aromatic nitrogens is 3. The molecule has 7 nitrogen and oxygen atoms in total. The monoisotopic (exact) mass is 385 g/mol. The first-order valence-electron chi connectivity index (χ1n) is 8.92. The van der Waals surface area contributed by atoms with Crippen molar-refractivity contribution in [3.63, 3.8) is 0 Å². The lowest BCUT2D eigenvalue weighted by Crippen LogP contribution is -2.41. The van der Waals surface area contributed by atoms with Crippen molar-refractivity contribution in [2.45, 2.75) is 26.7 Å². The van der Waals surface area contributed by atoms with Crippen molar-refractivity contribution >= 4 is 40.1 Å². The number of carbonyl (C=O) groups is 1. The highest BCUT2D eigenvalue weighted by Gasteiger charge is 2.28. The maximum absolute atomic E-state index is 12.8. The number of nitrogens with one attached hydrogen (secondary N) is 1. The summed E-state index contributed by atoms with van der Waals surface area (Å²) in [6.45, 7) is 5.23. The van der Waals surface area contributed by atoms with E-state index >= 15 is 0 Å². The molecule has 0 aliphatic carbocycles. The van der Waals surface area contributed by atoms with Crippen LogP contribution in [0.4, 0.5) is 11.5 Å². The highest BCUT2D eigenvalue weighted by molar-refractivity contribution is 6.30. The van der Waals surface area contributed by atoms with Gasteiger partial charge in [-0.15, -0.1) is 0 Å². The average Bonchev–Trinajstić information content (AvgIpc) is 3.05. The summed E-state index contributed by atoms with van der Waals surface area (Å²) >= 11 is 6.00. The molecule has 0 saturated carbocycles. The molecule has 140 valence electrons. The van der Waals surface area contributed by atoms with Crippen LogP contribution in [0.2, 0.25) is 5.02 Å². The topological polar surface area (TPSA) is 84.2 Å². The maximum atomic E-state index is 12.8. The van der Waals surface area contributed by atoms with Crippen LogP contribution in [0.25, 0.3) is 11.1 Å². The Bertz CT molecular complexity index is 1000. The van der Waals surface area contributed by atoms with Crippen LogP contribution < -0.4 is 10.2 Å². The van der Waals surface area contributed by atoms with E-state index in [0.717, 1.165) is 47.5 Å². The molecular weight excluding hydrogens is 366 g/mol. The minimum atomic E-state index is -0.126. The molecule has 4 rings (SSSR count). The number of hydrogen-bond donors (Lipinski definition) is 1. The first-order chi connectivity index (χ1) is 13.0. The zero-order valence-corrected chi connectivity index (χ0v) is 16.0. The molecule has 1 amide bonds. The number of amides is 1. The number of halogens is 1. The van der Waals surface area contributed by atoms with Gasteiger partial charge in [0.25, 0.3) is 5.71 Å². The molecule has 1 aliphatic heterocycles. The minimum absolute atomic E-state index is 0.0115. The lowest BCUT2D eigenvalue weighted by molar-refractivity contribution is -0.120. The molecule has 0 bridgehead atoms. The van der Waals surface area contributed by atoms with E-state index in [1.54, 1.807) is 6.07 Å². The highest BCUT2D eigenvalue weighted by atomic mass is 35.5. The predicted molar refractivity (Wildman–Crippen MR) is 104 cm³/mol. The van der Waals surface area contributed by atoms with Gasteiger partial charge in [-0.05, 0) is 50.5 Å². The minimum Gasteiger partial charge on any atom is -0.355 e. The van der Waals surface area contributed by atoms with Crippen molar-refractivity contribution < 1.29 is 9.32 Å². The number of rotatable bonds is 3. The third-order valence-corrected chi connectivity index (χ3v) is 5.20. The van der Waals surface area contributed by atoms with Crippen LogP contribution in [0.1, 0.15) is 24.1 Å². The highest BCUT2D eigenvalue weighted by Crippen LogP contribution is 2.30. The zero-order chi connectivity index (χ0) is 19.0. The first-order valence-corrected chi connectivity index (χ1v) is 9.29. The molecule has 1 N–H and O–H groups in total. The van der Waals surface area contributed by atoms with Crippen molar-refractivity contribution in [1.82, 2.24) is 15.1 Å². The van der Waals surface area contributed by atoms with Gasteiger partial charge in [-0.25, -0.2) is 4.98 Å². The molecule has 1 saturated heterocycles. The van der Waals surface area contributed by atoms with E-state index in [-0.39, 0.29) is 11.8 Å². The van der Waals surface area contributed by atoms with Crippen molar-refractivity contribution in [1.29, 1.82) is 0 Å². The molecule has 3 heterocycles. The van der Waals surface area contributed by atoms with Gasteiger partial charge in [0.15, 0.2) is 0 Å². The maximum Gasteiger partial charge on any atom is 0.263 e. The zero-order valence-electron chi connectivity index (χ0n) is 15.2. The van der Waals surface area contributed by atoms with Crippen molar-refractivity contribution in [2.24, 2.45) is 5.92 Å². The molecule has 2 aromatic heterocycles. The number of anilines is 2. The molecule has 1 aliphatic rings. The van der Waals surface area contributed by atoms with E-state index in [2.05, 4.69) is 25.3 Å². The Morgan fingerprint density at radius 3 is 3.00 bits per heavy atom. The van der Waals surface area contributed by atoms with E-state index < -0.39 is 0 Å². The van der Waals surface area contributed by atoms with E-state index in [9.17, 15) is 4.79 Å². The Labute approximate surface area is 161 Å². The van der Waals surface area contributed by atoms with E-state index in [4.69, 9.17) is 16.1 Å². The van der Waals surface area contributed by atoms with Crippen LogP contribution >= 0.6 is 11.6 Å². The third kappa shape index (κ3) is 3.47. The molecular formula is C19H20ClN5O2. The fourth-order valence-corrected chi connectivity index (χ4v) is 3.76. The summed E-state index contributed by atoms with van der Waals surface area (Å²) in [6, 6.07) is 5.46. The largest absolute Gasteiger partial charge is 0.355 e. The van der Waals surface area contributed by atoms with Gasteiger partial charge in [-0.1, -0.05) is 16.8 Å². The summed E-state index contributed by atoms with van der Waals surface area (Å²) < 4.78 is 5.24. The fourth-order valence-electron chi connectivity index (χ4n) is 3.53. The molecule has 0 spiro atoms. The second-order valence-electron chi connectivity index (χ2n) is 6.88. The Balaban J connectivity index is 1.54. The molecule has 8 heteroatoms. The molecule has 1 aromatic carbocycles. The summed E-state index contributed by atoms with van der Waals surface area (Å²) in [5, 5.41) is 8.49. The molecule has 3 aromatic rings. The van der Waals surface area contributed by atoms with Crippen LogP contribution in [-0.2, 0) is 4.79 Å². The number of hydrogen-bond acceptors (Lipinski definition) is 6. The van der Waals surface area contributed by atoms with E-state index in [1.165, 1.54) is 6.33 Å². The number of piperidine rings is 1. The van der Waals surface area contributed by atoms with Crippen LogP contribution in [0.15, 0.2) is 29.0 Å². The molecule has 1 fully saturated rings. The van der Waals surface area contributed by atoms with Gasteiger partial charge in [0.2, 0.25) is 5.91 Å². The average molecular weight is 386 g/mol. The predicted octanol–water partition coefficient (Wildman–Crippen LogP) is 3.74. The Morgan fingerprint density at radius 2 is 2.19 bits per heavy atom. The second kappa shape index (κ2) is 7.15. The van der Waals surface area contributed by atoms with Crippen LogP contribution in [0.3, 0.4) is 0 Å². The van der Waals surface area contributed by atoms with Crippen molar-refractivity contribution in [3.8, 4) is 0 Å². The smallest absolute Gasteiger partial charge is 0.263 e. The van der Waals surface area contributed by atoms with Crippen LogP contribution in [0, 0.1) is 19.8 Å². The lowest BCUT2D eigenvalue weighted by Gasteiger charge is -2.33. The van der Waals surface area contributed by atoms with Crippen molar-refractivity contribution in [2.75, 3.05) is 23.3 Å². The summed E-state index contributed by atoms with van der Waals surface area (Å²) in [4.78, 5) is 23.5. The first kappa shape index (κ1) is 17.7. The van der Waals surface area contributed by atoms with Gasteiger partial charge in [0.05, 0.1) is 11.6 Å². The number of fused-ring (bicyclic) bond motifs is 1. The van der Waals surface area contributed by atoms with Crippen LogP contribution in [0.5, 0.6) is 0 Å². The molecule has 1 atom stereocenters. The third-order valence-electron chi connectivity index (χ3n) is 4.96. The van der Waals surface area contributed by atoms with Crippen molar-refractivity contribution in [3.05, 3.63) is 40.8 Å². The molecule has 0 unspecified atom stereocenters. The fraction of sp³-hybridized carbons (Fsp3) is 0.368. The molecule has 0 radical (unpaired) electrons. The summed E-state index contributed by atoms with van der Waals surface area (Å²) in [6.07, 6.45) is 3.22. The summed E-state index contributed by atoms with van der Waals surface area (Å²) in [5.41, 5.74) is 2.96. The Morgan fingerprint density at radius 1 is 1.33 bits per heavy atom. The van der Waals surface area contributed by atoms with Crippen LogP contribution in [-0.4, -0.2) is 34.1 Å². The normalized spacial score (nSPS) is 17.3. The van der Waals surface area contributed by atoms with E-state index in [1.807, 2.05) is 26.0 Å². The summed E-state index contributed by atoms with van der Waals surface area (Å²) in [5.74, 6) is 0.662. The number of benzene rings is 1. The lowest BCUT2D eigenvalue weighted by atomic mass is 9.96. The number of carbonyl (C=O) groups excluding carboxylic acids is 1. The van der Waals surface area contributed by atoms with E-state index in [0.29, 0.717) is 17.3 Å². The SMILES string of the molecule is Cc1cc(Cl)ccc1NC(=O)[C@@H]1CCCN(c2ncnc3onc(C)c23)C1. The van der Waals surface area contributed by atoms with Gasteiger partial charge < -0.3 is 14.7 Å². The van der Waals surface area contributed by atoms with Gasteiger partial charge >= 0.3 is 0 Å². The Kier molecular flexibility index (Phi) is 4.70. The van der Waals surface area contributed by atoms with Gasteiger partial charge in [0, 0.05) is 23.8 Å². The molecule has 27 heavy (non-hydrogen) atoms. The van der Waals surface area contributed by atoms with Gasteiger partial charge in [-0.3, -0.25) is 4.79 Å². The van der Waals surface area contributed by atoms with Gasteiger partial charge in [0.1, 0.15) is 17.5 Å². The number of nitrogens with zero attached hydrogens (tertiary/aromatic N) is 4. The standard InChI is InChI=1S/C19H20ClN5O2/c1-11-8-14(20)5-6-15(11)23-18(26)13-4-3-7-25(9-13)17-16-12(2)24-27-19(16)22-10-21-17/h5-6,8,10,13H,3-4,7,9H2,1-2H3,(H,23,26)/t13-/m1/s1. The summed E-state index contributed by atoms with van der Waals surface area (Å²) in [7, 11) is 0. The second-order valence-corrected chi connectivity index (χ2v) is 7.32.